The number of rotatable bonds is 4. The molecular weight excluding hydrogens is 170 g/mol. The van der Waals surface area contributed by atoms with Crippen LogP contribution in [0.2, 0.25) is 0 Å². The SMILES string of the molecule is CCC1(C=O)CC1C(=O)N(C)OC. The normalized spacial score (nSPS) is 31.2. The van der Waals surface area contributed by atoms with Crippen molar-refractivity contribution in [3.05, 3.63) is 0 Å². The van der Waals surface area contributed by atoms with Crippen LogP contribution in [0.5, 0.6) is 0 Å². The first-order valence-corrected chi connectivity index (χ1v) is 4.39. The van der Waals surface area contributed by atoms with E-state index in [1.165, 1.54) is 12.2 Å². The van der Waals surface area contributed by atoms with Gasteiger partial charge in [0.2, 0.25) is 5.91 Å². The quantitative estimate of drug-likeness (QED) is 0.476. The van der Waals surface area contributed by atoms with Crippen molar-refractivity contribution in [3.8, 4) is 0 Å². The van der Waals surface area contributed by atoms with Gasteiger partial charge in [0, 0.05) is 12.5 Å². The summed E-state index contributed by atoms with van der Waals surface area (Å²) in [4.78, 5) is 27.0. The van der Waals surface area contributed by atoms with Gasteiger partial charge in [-0.15, -0.1) is 0 Å². The van der Waals surface area contributed by atoms with E-state index in [4.69, 9.17) is 4.84 Å². The zero-order chi connectivity index (χ0) is 10.1. The molecule has 1 saturated carbocycles. The molecule has 0 spiro atoms. The lowest BCUT2D eigenvalue weighted by atomic mass is 10.0. The molecule has 0 N–H and O–H groups in total. The van der Waals surface area contributed by atoms with Crippen molar-refractivity contribution in [2.45, 2.75) is 19.8 Å². The van der Waals surface area contributed by atoms with E-state index < -0.39 is 5.41 Å². The summed E-state index contributed by atoms with van der Waals surface area (Å²) in [6.45, 7) is 1.93. The number of nitrogens with zero attached hydrogens (tertiary/aromatic N) is 1. The lowest BCUT2D eigenvalue weighted by Gasteiger charge is -2.14. The molecule has 4 nitrogen and oxygen atoms in total. The topological polar surface area (TPSA) is 46.6 Å². The molecule has 1 rings (SSSR count). The number of carbonyl (C=O) groups excluding carboxylic acids is 2. The molecule has 0 saturated heterocycles. The molecule has 2 unspecified atom stereocenters. The molecule has 74 valence electrons. The Morgan fingerprint density at radius 2 is 2.38 bits per heavy atom. The zero-order valence-corrected chi connectivity index (χ0v) is 8.24. The molecule has 0 heterocycles. The van der Waals surface area contributed by atoms with Crippen LogP contribution in [0.4, 0.5) is 0 Å². The van der Waals surface area contributed by atoms with Gasteiger partial charge in [0.05, 0.1) is 13.0 Å². The summed E-state index contributed by atoms with van der Waals surface area (Å²) in [5.74, 6) is -0.267. The third kappa shape index (κ3) is 1.58. The molecule has 1 amide bonds. The van der Waals surface area contributed by atoms with Crippen LogP contribution in [0, 0.1) is 11.3 Å². The van der Waals surface area contributed by atoms with Gasteiger partial charge in [-0.2, -0.15) is 0 Å². The number of carbonyl (C=O) groups is 2. The van der Waals surface area contributed by atoms with Crippen LogP contribution in [-0.4, -0.2) is 31.4 Å². The van der Waals surface area contributed by atoms with Gasteiger partial charge in [-0.25, -0.2) is 5.06 Å². The number of hydroxylamine groups is 2. The van der Waals surface area contributed by atoms with Gasteiger partial charge in [0.1, 0.15) is 6.29 Å². The van der Waals surface area contributed by atoms with E-state index in [0.717, 1.165) is 12.7 Å². The lowest BCUT2D eigenvalue weighted by Crippen LogP contribution is -2.29. The van der Waals surface area contributed by atoms with Crippen LogP contribution >= 0.6 is 0 Å². The van der Waals surface area contributed by atoms with Gasteiger partial charge in [-0.3, -0.25) is 9.63 Å². The second kappa shape index (κ2) is 3.46. The highest BCUT2D eigenvalue weighted by molar-refractivity contribution is 5.87. The monoisotopic (exact) mass is 185 g/mol. The first-order valence-electron chi connectivity index (χ1n) is 4.39. The molecular formula is C9H15NO3. The Morgan fingerprint density at radius 1 is 1.77 bits per heavy atom. The molecule has 1 aliphatic carbocycles. The Balaban J connectivity index is 2.59. The molecule has 0 aromatic carbocycles. The second-order valence-corrected chi connectivity index (χ2v) is 3.48. The van der Waals surface area contributed by atoms with E-state index in [2.05, 4.69) is 0 Å². The van der Waals surface area contributed by atoms with Crippen molar-refractivity contribution in [2.75, 3.05) is 14.2 Å². The van der Waals surface area contributed by atoms with Gasteiger partial charge in [0.15, 0.2) is 0 Å². The summed E-state index contributed by atoms with van der Waals surface area (Å²) in [6, 6.07) is 0. The first kappa shape index (κ1) is 10.2. The third-order valence-electron chi connectivity index (χ3n) is 2.89. The molecule has 13 heavy (non-hydrogen) atoms. The summed E-state index contributed by atoms with van der Waals surface area (Å²) in [7, 11) is 3.00. The van der Waals surface area contributed by atoms with Crippen LogP contribution < -0.4 is 0 Å². The van der Waals surface area contributed by atoms with Crippen LogP contribution in [0.1, 0.15) is 19.8 Å². The van der Waals surface area contributed by atoms with E-state index in [9.17, 15) is 9.59 Å². The molecule has 0 aromatic heterocycles. The predicted molar refractivity (Wildman–Crippen MR) is 46.7 cm³/mol. The molecule has 0 aromatic rings. The minimum Gasteiger partial charge on any atom is -0.303 e. The molecule has 0 radical (unpaired) electrons. The molecule has 2 atom stereocenters. The Morgan fingerprint density at radius 3 is 2.69 bits per heavy atom. The van der Waals surface area contributed by atoms with E-state index in [0.29, 0.717) is 6.42 Å². The van der Waals surface area contributed by atoms with Gasteiger partial charge < -0.3 is 4.79 Å². The Bertz CT molecular complexity index is 229. The standard InChI is InChI=1S/C9H15NO3/c1-4-9(6-11)5-7(9)8(12)10(2)13-3/h6-7H,4-5H2,1-3H3. The molecule has 1 fully saturated rings. The minimum atomic E-state index is -0.399. The fourth-order valence-electron chi connectivity index (χ4n) is 1.57. The Labute approximate surface area is 77.8 Å². The van der Waals surface area contributed by atoms with Crippen molar-refractivity contribution >= 4 is 12.2 Å². The van der Waals surface area contributed by atoms with Gasteiger partial charge in [-0.1, -0.05) is 6.92 Å². The minimum absolute atomic E-state index is 0.101. The number of hydrogen-bond acceptors (Lipinski definition) is 3. The van der Waals surface area contributed by atoms with Gasteiger partial charge in [-0.05, 0) is 12.8 Å². The highest BCUT2D eigenvalue weighted by Crippen LogP contribution is 2.54. The number of hydrogen-bond donors (Lipinski definition) is 0. The van der Waals surface area contributed by atoms with Crippen molar-refractivity contribution in [1.82, 2.24) is 5.06 Å². The first-order chi connectivity index (χ1) is 6.11. The van der Waals surface area contributed by atoms with Crippen molar-refractivity contribution < 1.29 is 14.4 Å². The van der Waals surface area contributed by atoms with Crippen LogP contribution in [0.25, 0.3) is 0 Å². The zero-order valence-electron chi connectivity index (χ0n) is 8.24. The Hall–Kier alpha value is -0.900. The van der Waals surface area contributed by atoms with E-state index >= 15 is 0 Å². The maximum absolute atomic E-state index is 11.5. The Kier molecular flexibility index (Phi) is 2.71. The van der Waals surface area contributed by atoms with Crippen molar-refractivity contribution in [1.29, 1.82) is 0 Å². The highest BCUT2D eigenvalue weighted by atomic mass is 16.7. The third-order valence-corrected chi connectivity index (χ3v) is 2.89. The van der Waals surface area contributed by atoms with E-state index in [1.54, 1.807) is 7.05 Å². The number of aldehydes is 1. The molecule has 0 bridgehead atoms. The van der Waals surface area contributed by atoms with Crippen LogP contribution in [0.15, 0.2) is 0 Å². The fourth-order valence-corrected chi connectivity index (χ4v) is 1.57. The van der Waals surface area contributed by atoms with Crippen LogP contribution in [0.3, 0.4) is 0 Å². The van der Waals surface area contributed by atoms with Crippen LogP contribution in [-0.2, 0) is 14.4 Å². The van der Waals surface area contributed by atoms with Crippen molar-refractivity contribution in [3.63, 3.8) is 0 Å². The smallest absolute Gasteiger partial charge is 0.249 e. The summed E-state index contributed by atoms with van der Waals surface area (Å²) >= 11 is 0. The summed E-state index contributed by atoms with van der Waals surface area (Å²) < 4.78 is 0. The number of amides is 1. The average Bonchev–Trinajstić information content (AvgIpc) is 2.91. The fraction of sp³-hybridized carbons (Fsp3) is 0.778. The summed E-state index contributed by atoms with van der Waals surface area (Å²) in [5.41, 5.74) is -0.399. The van der Waals surface area contributed by atoms with Gasteiger partial charge in [0.25, 0.3) is 0 Å². The second-order valence-electron chi connectivity index (χ2n) is 3.48. The maximum Gasteiger partial charge on any atom is 0.249 e. The maximum atomic E-state index is 11.5. The average molecular weight is 185 g/mol. The summed E-state index contributed by atoms with van der Waals surface area (Å²) in [6.07, 6.45) is 2.29. The van der Waals surface area contributed by atoms with Crippen molar-refractivity contribution in [2.24, 2.45) is 11.3 Å². The lowest BCUT2D eigenvalue weighted by molar-refractivity contribution is -0.171. The summed E-state index contributed by atoms with van der Waals surface area (Å²) in [5, 5.41) is 1.19. The molecule has 1 aliphatic rings. The van der Waals surface area contributed by atoms with Gasteiger partial charge >= 0.3 is 0 Å². The largest absolute Gasteiger partial charge is 0.303 e. The predicted octanol–water partition coefficient (Wildman–Crippen LogP) is 0.621. The molecule has 4 heteroatoms. The van der Waals surface area contributed by atoms with E-state index in [1.807, 2.05) is 6.92 Å². The molecule has 0 aliphatic heterocycles. The highest BCUT2D eigenvalue weighted by Gasteiger charge is 2.57. The van der Waals surface area contributed by atoms with E-state index in [-0.39, 0.29) is 11.8 Å².